The van der Waals surface area contributed by atoms with E-state index in [1.165, 1.54) is 0 Å². The number of aliphatic imine (C=N–C) groups is 1. The molecule has 10 atom stereocenters. The van der Waals surface area contributed by atoms with Crippen LogP contribution < -0.4 is 10.6 Å². The van der Waals surface area contributed by atoms with Crippen LogP contribution in [0.3, 0.4) is 0 Å². The molecule has 0 aromatic carbocycles. The van der Waals surface area contributed by atoms with Gasteiger partial charge in [0.1, 0.15) is 30.0 Å². The zero-order valence-corrected chi connectivity index (χ0v) is 31.4. The van der Waals surface area contributed by atoms with Gasteiger partial charge in [-0.3, -0.25) is 24.2 Å². The van der Waals surface area contributed by atoms with Crippen LogP contribution in [0, 0.1) is 29.1 Å². The summed E-state index contributed by atoms with van der Waals surface area (Å²) in [6.07, 6.45) is 2.64. The molecule has 0 aromatic heterocycles. The molecule has 0 unspecified atom stereocenters. The van der Waals surface area contributed by atoms with Crippen LogP contribution >= 0.6 is 11.8 Å². The summed E-state index contributed by atoms with van der Waals surface area (Å²) in [4.78, 5) is 73.2. The highest BCUT2D eigenvalue weighted by Gasteiger charge is 2.42. The fourth-order valence-electron chi connectivity index (χ4n) is 6.57. The number of esters is 1. The van der Waals surface area contributed by atoms with E-state index in [4.69, 9.17) is 9.73 Å². The van der Waals surface area contributed by atoms with Crippen molar-refractivity contribution in [3.05, 3.63) is 0 Å². The maximum absolute atomic E-state index is 14.0. The fraction of sp³-hybridized carbons (Fsp3) is 0.833. The van der Waals surface area contributed by atoms with Crippen molar-refractivity contribution in [1.82, 2.24) is 15.5 Å². The summed E-state index contributed by atoms with van der Waals surface area (Å²) < 4.78 is 6.19. The molecule has 3 rings (SSSR count). The Morgan fingerprint density at radius 3 is 2.35 bits per heavy atom. The Labute approximate surface area is 291 Å². The summed E-state index contributed by atoms with van der Waals surface area (Å²) in [7, 11) is 0. The highest BCUT2D eigenvalue weighted by molar-refractivity contribution is 8.14. The first kappa shape index (κ1) is 40.0. The number of amides is 3. The van der Waals surface area contributed by atoms with Gasteiger partial charge in [0, 0.05) is 37.0 Å². The minimum Gasteiger partial charge on any atom is -0.460 e. The van der Waals surface area contributed by atoms with Crippen molar-refractivity contribution in [3.63, 3.8) is 0 Å². The molecule has 0 saturated carbocycles. The highest BCUT2D eigenvalue weighted by Crippen LogP contribution is 2.34. The average Bonchev–Trinajstić information content (AvgIpc) is 3.70. The van der Waals surface area contributed by atoms with Crippen molar-refractivity contribution in [1.29, 1.82) is 0 Å². The van der Waals surface area contributed by atoms with Gasteiger partial charge in [-0.1, -0.05) is 61.8 Å². The summed E-state index contributed by atoms with van der Waals surface area (Å²) in [6, 6.07) is -2.60. The zero-order valence-electron chi connectivity index (χ0n) is 30.5. The van der Waals surface area contributed by atoms with Crippen LogP contribution in [0.1, 0.15) is 114 Å². The number of nitrogens with zero attached hydrogens (tertiary/aromatic N) is 2. The van der Waals surface area contributed by atoms with Gasteiger partial charge in [0.2, 0.25) is 17.7 Å². The molecule has 11 nitrogen and oxygen atoms in total. The number of hydrogen-bond acceptors (Lipinski definition) is 9. The third kappa shape index (κ3) is 10.8. The molecule has 0 radical (unpaired) electrons. The Balaban J connectivity index is 1.89. The predicted octanol–water partition coefficient (Wildman–Crippen LogP) is 4.29. The van der Waals surface area contributed by atoms with Crippen molar-refractivity contribution >= 4 is 46.3 Å². The smallest absolute Gasteiger partial charge is 0.329 e. The third-order valence-corrected chi connectivity index (χ3v) is 11.6. The monoisotopic (exact) mass is 692 g/mol. The quantitative estimate of drug-likeness (QED) is 0.363. The van der Waals surface area contributed by atoms with Crippen LogP contribution in [0.25, 0.3) is 0 Å². The lowest BCUT2D eigenvalue weighted by Gasteiger charge is -2.36. The van der Waals surface area contributed by atoms with Gasteiger partial charge in [-0.25, -0.2) is 4.79 Å². The average molecular weight is 693 g/mol. The minimum absolute atomic E-state index is 0.0237. The van der Waals surface area contributed by atoms with Gasteiger partial charge >= 0.3 is 5.97 Å². The van der Waals surface area contributed by atoms with Crippen LogP contribution in [-0.4, -0.2) is 93.2 Å². The molecule has 1 fully saturated rings. The lowest BCUT2D eigenvalue weighted by atomic mass is 9.81. The lowest BCUT2D eigenvalue weighted by molar-refractivity contribution is -0.164. The normalized spacial score (nSPS) is 35.0. The predicted molar refractivity (Wildman–Crippen MR) is 188 cm³/mol. The lowest BCUT2D eigenvalue weighted by Crippen LogP contribution is -2.57. The Hall–Kier alpha value is -2.47. The van der Waals surface area contributed by atoms with Crippen molar-refractivity contribution in [2.75, 3.05) is 12.3 Å². The van der Waals surface area contributed by atoms with Gasteiger partial charge in [-0.15, -0.1) is 11.8 Å². The topological polar surface area (TPSA) is 154 Å². The van der Waals surface area contributed by atoms with Crippen molar-refractivity contribution in [2.45, 2.75) is 150 Å². The van der Waals surface area contributed by atoms with Gasteiger partial charge < -0.3 is 25.4 Å². The number of aliphatic hydroxyl groups is 1. The molecule has 0 aromatic rings. The molecule has 3 heterocycles. The molecule has 0 aliphatic carbocycles. The first-order valence-corrected chi connectivity index (χ1v) is 18.9. The molecule has 1 saturated heterocycles. The Bertz CT molecular complexity index is 1200. The summed E-state index contributed by atoms with van der Waals surface area (Å²) in [6.45, 7) is 17.5. The number of thioether (sulfide) groups is 1. The van der Waals surface area contributed by atoms with E-state index >= 15 is 0 Å². The van der Waals surface area contributed by atoms with Crippen molar-refractivity contribution in [2.24, 2.45) is 34.1 Å². The molecule has 3 N–H and O–H groups in total. The zero-order chi connectivity index (χ0) is 35.9. The molecule has 48 heavy (non-hydrogen) atoms. The number of ketones is 1. The standard InChI is InChI=1S/C36H60N4O7S/c1-10-21(3)30-34(45)40-15-11-12-27(40)35(46)47-29(36(7,8)9)17-20(2)16-28(42)23(5)33-38-25(19-48-33)13-14-26(41)18-22(4)31(43)37-24(6)32(44)39-30/h20-25,27-30,42H,10-19H2,1-9H3,(H,37,43)(H,39,44)/t20-,21-,22+,23-,24-,25-,27-,28-,29-,30-/m0/s1. The first-order chi connectivity index (χ1) is 22.4. The van der Waals surface area contributed by atoms with Gasteiger partial charge in [0.15, 0.2) is 0 Å². The second-order valence-electron chi connectivity index (χ2n) is 15.6. The summed E-state index contributed by atoms with van der Waals surface area (Å²) in [5, 5.41) is 17.7. The van der Waals surface area contributed by atoms with Crippen LogP contribution in [0.2, 0.25) is 0 Å². The van der Waals surface area contributed by atoms with Crippen LogP contribution in [0.15, 0.2) is 4.99 Å². The Morgan fingerprint density at radius 1 is 1.02 bits per heavy atom. The van der Waals surface area contributed by atoms with E-state index in [0.717, 1.165) is 10.8 Å². The van der Waals surface area contributed by atoms with Crippen molar-refractivity contribution < 1.29 is 33.8 Å². The number of fused-ring (bicyclic) bond motifs is 2. The van der Waals surface area contributed by atoms with E-state index in [1.54, 1.807) is 30.5 Å². The second-order valence-corrected chi connectivity index (χ2v) is 16.7. The Kier molecular flexibility index (Phi) is 14.5. The van der Waals surface area contributed by atoms with Gasteiger partial charge in [-0.2, -0.15) is 0 Å². The number of nitrogens with one attached hydrogen (secondary N) is 2. The molecular formula is C36H60N4O7S. The van der Waals surface area contributed by atoms with E-state index in [1.807, 2.05) is 41.5 Å². The number of Topliss-reactive ketones (excluding diaryl/α,β-unsaturated/α-hetero) is 1. The molecular weight excluding hydrogens is 632 g/mol. The van der Waals surface area contributed by atoms with E-state index in [-0.39, 0.29) is 47.3 Å². The second kappa shape index (κ2) is 17.5. The Morgan fingerprint density at radius 2 is 1.71 bits per heavy atom. The maximum atomic E-state index is 14.0. The highest BCUT2D eigenvalue weighted by atomic mass is 32.2. The van der Waals surface area contributed by atoms with Crippen LogP contribution in [0.4, 0.5) is 0 Å². The number of hydrogen-bond donors (Lipinski definition) is 3. The minimum atomic E-state index is -0.932. The summed E-state index contributed by atoms with van der Waals surface area (Å²) in [5.41, 5.74) is -0.376. The molecule has 2 bridgehead atoms. The molecule has 3 aliphatic heterocycles. The molecule has 3 aliphatic rings. The number of carbonyl (C=O) groups is 5. The number of ether oxygens (including phenoxy) is 1. The SMILES string of the molecule is CC[C@H](C)[C@@H]1NC(=O)[C@H](C)NC(=O)[C@H](C)CC(=O)CC[C@H]2CSC(=N2)[C@@H](C)[C@@H](O)C[C@H](C)C[C@@H](C(C)(C)C)OC(=O)[C@@H]2CCCN2C1=O. The molecule has 0 spiro atoms. The largest absolute Gasteiger partial charge is 0.460 e. The molecule has 272 valence electrons. The van der Waals surface area contributed by atoms with E-state index < -0.39 is 54.0 Å². The first-order valence-electron chi connectivity index (χ1n) is 17.9. The molecule has 3 amide bonds. The van der Waals surface area contributed by atoms with E-state index in [0.29, 0.717) is 51.5 Å². The van der Waals surface area contributed by atoms with Crippen molar-refractivity contribution in [3.8, 4) is 0 Å². The van der Waals surface area contributed by atoms with Gasteiger partial charge in [0.25, 0.3) is 0 Å². The van der Waals surface area contributed by atoms with Gasteiger partial charge in [-0.05, 0) is 56.3 Å². The van der Waals surface area contributed by atoms with E-state index in [9.17, 15) is 29.1 Å². The van der Waals surface area contributed by atoms with Gasteiger partial charge in [0.05, 0.1) is 17.2 Å². The van der Waals surface area contributed by atoms with Crippen LogP contribution in [0.5, 0.6) is 0 Å². The summed E-state index contributed by atoms with van der Waals surface area (Å²) in [5.74, 6) is -1.97. The van der Waals surface area contributed by atoms with E-state index in [2.05, 4.69) is 17.6 Å². The fourth-order valence-corrected chi connectivity index (χ4v) is 7.82. The number of rotatable bonds is 2. The molecule has 12 heteroatoms. The maximum Gasteiger partial charge on any atom is 0.329 e. The number of cyclic esters (lactones) is 1. The number of carbonyl (C=O) groups excluding carboxylic acids is 5. The third-order valence-electron chi connectivity index (χ3n) is 10.3. The number of aliphatic hydroxyl groups excluding tert-OH is 1. The van der Waals surface area contributed by atoms with Crippen LogP contribution in [-0.2, 0) is 28.7 Å². The summed E-state index contributed by atoms with van der Waals surface area (Å²) >= 11 is 1.62.